The quantitative estimate of drug-likeness (QED) is 0.767. The monoisotopic (exact) mass is 308 g/mol. The second-order valence-corrected chi connectivity index (χ2v) is 4.70. The standard InChI is InChI=1S/C18H16N2O3/c1-22-14-9-13(10-15(11-14)23-2)6-7-18(21)16(12-19)17-5-3-4-8-20-17/h3-11,16H,1-2H3/b7-6-/t16-/m0/s1. The SMILES string of the molecule is COc1cc(/C=C\C(=O)[C@@H](C#N)c2ccccn2)cc(OC)c1. The molecule has 0 bridgehead atoms. The topological polar surface area (TPSA) is 72.2 Å². The van der Waals surface area contributed by atoms with Crippen LogP contribution in [0.25, 0.3) is 6.08 Å². The maximum Gasteiger partial charge on any atom is 0.178 e. The molecule has 1 atom stereocenters. The lowest BCUT2D eigenvalue weighted by Gasteiger charge is -2.06. The summed E-state index contributed by atoms with van der Waals surface area (Å²) >= 11 is 0. The molecule has 1 aromatic carbocycles. The minimum atomic E-state index is -0.917. The molecule has 116 valence electrons. The lowest BCUT2D eigenvalue weighted by molar-refractivity contribution is -0.114. The largest absolute Gasteiger partial charge is 0.497 e. The molecule has 2 aromatic rings. The normalized spacial score (nSPS) is 11.7. The van der Waals surface area contributed by atoms with Gasteiger partial charge in [-0.3, -0.25) is 9.78 Å². The molecule has 0 saturated heterocycles. The number of ether oxygens (including phenoxy) is 2. The number of aromatic nitrogens is 1. The van der Waals surface area contributed by atoms with Gasteiger partial charge in [-0.2, -0.15) is 5.26 Å². The highest BCUT2D eigenvalue weighted by molar-refractivity contribution is 6.00. The van der Waals surface area contributed by atoms with Gasteiger partial charge in [-0.1, -0.05) is 12.1 Å². The molecule has 0 fully saturated rings. The molecule has 0 aliphatic heterocycles. The Morgan fingerprint density at radius 3 is 2.43 bits per heavy atom. The second kappa shape index (κ2) is 7.76. The summed E-state index contributed by atoms with van der Waals surface area (Å²) < 4.78 is 10.4. The number of carbonyl (C=O) groups is 1. The molecule has 0 saturated carbocycles. The van der Waals surface area contributed by atoms with Gasteiger partial charge in [0.05, 0.1) is 26.0 Å². The van der Waals surface area contributed by atoms with Crippen LogP contribution in [0, 0.1) is 11.3 Å². The van der Waals surface area contributed by atoms with Crippen LogP contribution in [0.3, 0.4) is 0 Å². The Hall–Kier alpha value is -3.13. The predicted octanol–water partition coefficient (Wildman–Crippen LogP) is 2.99. The van der Waals surface area contributed by atoms with Crippen molar-refractivity contribution in [3.8, 4) is 17.6 Å². The van der Waals surface area contributed by atoms with Gasteiger partial charge in [0.15, 0.2) is 11.7 Å². The Kier molecular flexibility index (Phi) is 5.48. The first-order valence-electron chi connectivity index (χ1n) is 6.93. The van der Waals surface area contributed by atoms with Crippen molar-refractivity contribution in [2.75, 3.05) is 14.2 Å². The number of nitriles is 1. The molecule has 1 heterocycles. The van der Waals surface area contributed by atoms with Crippen LogP contribution in [0.4, 0.5) is 0 Å². The van der Waals surface area contributed by atoms with E-state index in [-0.39, 0.29) is 5.78 Å². The van der Waals surface area contributed by atoms with Crippen molar-refractivity contribution in [3.63, 3.8) is 0 Å². The molecule has 1 aromatic heterocycles. The van der Waals surface area contributed by atoms with Gasteiger partial charge < -0.3 is 9.47 Å². The number of methoxy groups -OCH3 is 2. The molecular weight excluding hydrogens is 292 g/mol. The molecule has 5 nitrogen and oxygen atoms in total. The van der Waals surface area contributed by atoms with Crippen LogP contribution in [0.1, 0.15) is 17.2 Å². The van der Waals surface area contributed by atoms with Crippen molar-refractivity contribution in [1.82, 2.24) is 4.98 Å². The van der Waals surface area contributed by atoms with Gasteiger partial charge in [-0.05, 0) is 35.9 Å². The van der Waals surface area contributed by atoms with E-state index in [1.165, 1.54) is 6.08 Å². The first kappa shape index (κ1) is 16.2. The van der Waals surface area contributed by atoms with Crippen LogP contribution in [-0.4, -0.2) is 25.0 Å². The minimum Gasteiger partial charge on any atom is -0.497 e. The number of hydrogen-bond donors (Lipinski definition) is 0. The lowest BCUT2D eigenvalue weighted by atomic mass is 10.00. The summed E-state index contributed by atoms with van der Waals surface area (Å²) in [5.41, 5.74) is 1.18. The van der Waals surface area contributed by atoms with Gasteiger partial charge in [0.2, 0.25) is 0 Å². The molecular formula is C18H16N2O3. The van der Waals surface area contributed by atoms with Gasteiger partial charge in [-0.15, -0.1) is 0 Å². The van der Waals surface area contributed by atoms with Crippen molar-refractivity contribution in [1.29, 1.82) is 5.26 Å². The number of rotatable bonds is 6. The number of ketones is 1. The van der Waals surface area contributed by atoms with Crippen molar-refractivity contribution in [3.05, 3.63) is 59.9 Å². The van der Waals surface area contributed by atoms with Crippen molar-refractivity contribution < 1.29 is 14.3 Å². The van der Waals surface area contributed by atoms with Gasteiger partial charge in [-0.25, -0.2) is 0 Å². The van der Waals surface area contributed by atoms with E-state index in [4.69, 9.17) is 9.47 Å². The summed E-state index contributed by atoms with van der Waals surface area (Å²) in [4.78, 5) is 16.3. The minimum absolute atomic E-state index is 0.326. The summed E-state index contributed by atoms with van der Waals surface area (Å²) in [6.45, 7) is 0. The van der Waals surface area contributed by atoms with Gasteiger partial charge in [0.25, 0.3) is 0 Å². The Balaban J connectivity index is 2.22. The maximum atomic E-state index is 12.2. The van der Waals surface area contributed by atoms with Gasteiger partial charge in [0, 0.05) is 12.3 Å². The Morgan fingerprint density at radius 1 is 1.22 bits per heavy atom. The third kappa shape index (κ3) is 4.17. The summed E-state index contributed by atoms with van der Waals surface area (Å²) in [6, 6.07) is 12.4. The van der Waals surface area contributed by atoms with Crippen LogP contribution in [0.5, 0.6) is 11.5 Å². The number of pyridine rings is 1. The first-order valence-corrected chi connectivity index (χ1v) is 6.93. The summed E-state index contributed by atoms with van der Waals surface area (Å²) in [5, 5.41) is 9.23. The third-order valence-electron chi connectivity index (χ3n) is 3.21. The summed E-state index contributed by atoms with van der Waals surface area (Å²) in [6.07, 6.45) is 4.56. The molecule has 0 radical (unpaired) electrons. The highest BCUT2D eigenvalue weighted by Crippen LogP contribution is 2.23. The van der Waals surface area contributed by atoms with E-state index < -0.39 is 5.92 Å². The molecule has 0 N–H and O–H groups in total. The average molecular weight is 308 g/mol. The second-order valence-electron chi connectivity index (χ2n) is 4.70. The van der Waals surface area contributed by atoms with Crippen molar-refractivity contribution in [2.24, 2.45) is 0 Å². The van der Waals surface area contributed by atoms with E-state index in [1.54, 1.807) is 62.9 Å². The predicted molar refractivity (Wildman–Crippen MR) is 86.2 cm³/mol. The van der Waals surface area contributed by atoms with Gasteiger partial charge >= 0.3 is 0 Å². The number of hydrogen-bond acceptors (Lipinski definition) is 5. The van der Waals surface area contributed by atoms with Crippen LogP contribution in [0.2, 0.25) is 0 Å². The zero-order valence-electron chi connectivity index (χ0n) is 12.9. The summed E-state index contributed by atoms with van der Waals surface area (Å²) in [5.74, 6) is 0.00366. The highest BCUT2D eigenvalue weighted by Gasteiger charge is 2.18. The molecule has 23 heavy (non-hydrogen) atoms. The number of nitrogens with zero attached hydrogens (tertiary/aromatic N) is 2. The Labute approximate surface area is 134 Å². The highest BCUT2D eigenvalue weighted by atomic mass is 16.5. The molecule has 0 spiro atoms. The van der Waals surface area contributed by atoms with Crippen LogP contribution < -0.4 is 9.47 Å². The Bertz CT molecular complexity index is 726. The smallest absolute Gasteiger partial charge is 0.178 e. The molecule has 5 heteroatoms. The van der Waals surface area contributed by atoms with Crippen LogP contribution in [0.15, 0.2) is 48.7 Å². The van der Waals surface area contributed by atoms with E-state index in [1.807, 2.05) is 6.07 Å². The van der Waals surface area contributed by atoms with E-state index in [9.17, 15) is 10.1 Å². The molecule has 0 amide bonds. The van der Waals surface area contributed by atoms with E-state index >= 15 is 0 Å². The first-order chi connectivity index (χ1) is 11.2. The van der Waals surface area contributed by atoms with Crippen molar-refractivity contribution >= 4 is 11.9 Å². The number of carbonyl (C=O) groups excluding carboxylic acids is 1. The average Bonchev–Trinajstić information content (AvgIpc) is 2.61. The van der Waals surface area contributed by atoms with Crippen molar-refractivity contribution in [2.45, 2.75) is 5.92 Å². The van der Waals surface area contributed by atoms with E-state index in [2.05, 4.69) is 4.98 Å². The lowest BCUT2D eigenvalue weighted by Crippen LogP contribution is -2.09. The van der Waals surface area contributed by atoms with Crippen LogP contribution in [-0.2, 0) is 4.79 Å². The number of allylic oxidation sites excluding steroid dienone is 1. The fraction of sp³-hybridized carbons (Fsp3) is 0.167. The fourth-order valence-corrected chi connectivity index (χ4v) is 2.02. The number of benzene rings is 1. The van der Waals surface area contributed by atoms with E-state index in [0.29, 0.717) is 17.2 Å². The third-order valence-corrected chi connectivity index (χ3v) is 3.21. The summed E-state index contributed by atoms with van der Waals surface area (Å²) in [7, 11) is 3.11. The zero-order chi connectivity index (χ0) is 16.7. The molecule has 2 rings (SSSR count). The molecule has 0 aliphatic rings. The maximum absolute atomic E-state index is 12.2. The van der Waals surface area contributed by atoms with Gasteiger partial charge in [0.1, 0.15) is 11.5 Å². The zero-order valence-corrected chi connectivity index (χ0v) is 12.9. The Morgan fingerprint density at radius 2 is 1.91 bits per heavy atom. The van der Waals surface area contributed by atoms with Crippen LogP contribution >= 0.6 is 0 Å². The molecule has 0 unspecified atom stereocenters. The van der Waals surface area contributed by atoms with E-state index in [0.717, 1.165) is 5.56 Å². The molecule has 0 aliphatic carbocycles. The fourth-order valence-electron chi connectivity index (χ4n) is 2.02.